The first-order chi connectivity index (χ1) is 13.5. The van der Waals surface area contributed by atoms with Crippen molar-refractivity contribution in [3.63, 3.8) is 0 Å². The summed E-state index contributed by atoms with van der Waals surface area (Å²) in [4.78, 5) is 23.8. The smallest absolute Gasteiger partial charge is 0.230 e. The summed E-state index contributed by atoms with van der Waals surface area (Å²) in [6.07, 6.45) is 7.18. The van der Waals surface area contributed by atoms with Crippen molar-refractivity contribution in [2.24, 2.45) is 0 Å². The van der Waals surface area contributed by atoms with Crippen LogP contribution in [-0.2, 0) is 16.8 Å². The molecule has 0 spiro atoms. The van der Waals surface area contributed by atoms with Crippen LogP contribution in [0.4, 0.5) is 5.69 Å². The molecule has 0 bridgehead atoms. The first kappa shape index (κ1) is 18.2. The molecule has 1 N–H and O–H groups in total. The third-order valence-electron chi connectivity index (χ3n) is 5.48. The van der Waals surface area contributed by atoms with Crippen LogP contribution in [0.2, 0.25) is 0 Å². The molecule has 3 aromatic rings. The number of imidazole rings is 1. The van der Waals surface area contributed by atoms with Crippen LogP contribution in [0.15, 0.2) is 55.0 Å². The molecule has 2 heterocycles. The summed E-state index contributed by atoms with van der Waals surface area (Å²) in [6.45, 7) is 2.38. The van der Waals surface area contributed by atoms with Gasteiger partial charge in [0.25, 0.3) is 0 Å². The summed E-state index contributed by atoms with van der Waals surface area (Å²) in [7, 11) is 4.03. The predicted octanol–water partition coefficient (Wildman–Crippen LogP) is 2.99. The zero-order chi connectivity index (χ0) is 19.7. The van der Waals surface area contributed by atoms with Crippen LogP contribution in [-0.4, -0.2) is 34.5 Å². The van der Waals surface area contributed by atoms with Crippen molar-refractivity contribution in [1.82, 2.24) is 19.9 Å². The van der Waals surface area contributed by atoms with Crippen molar-refractivity contribution in [3.05, 3.63) is 71.9 Å². The molecular formula is C22H25N5O. The minimum absolute atomic E-state index is 0.0854. The molecule has 1 aliphatic rings. The topological polar surface area (TPSA) is 63.1 Å². The Hall–Kier alpha value is -3.15. The maximum absolute atomic E-state index is 13.0. The molecular weight excluding hydrogens is 350 g/mol. The number of anilines is 1. The maximum Gasteiger partial charge on any atom is 0.230 e. The summed E-state index contributed by atoms with van der Waals surface area (Å²) < 4.78 is 1.94. The SMILES string of the molecule is Cc1nccn1-c1ncccc1CNC(=O)C1(c2ccc(N(C)C)cc2)CC1. The molecule has 2 aromatic heterocycles. The van der Waals surface area contributed by atoms with Gasteiger partial charge in [-0.2, -0.15) is 0 Å². The van der Waals surface area contributed by atoms with Crippen LogP contribution in [0, 0.1) is 6.92 Å². The molecule has 1 aliphatic carbocycles. The Kier molecular flexibility index (Phi) is 4.63. The van der Waals surface area contributed by atoms with Gasteiger partial charge in [-0.05, 0) is 43.5 Å². The summed E-state index contributed by atoms with van der Waals surface area (Å²) >= 11 is 0. The Labute approximate surface area is 165 Å². The number of carbonyl (C=O) groups is 1. The monoisotopic (exact) mass is 375 g/mol. The van der Waals surface area contributed by atoms with E-state index in [4.69, 9.17) is 0 Å². The summed E-state index contributed by atoms with van der Waals surface area (Å²) in [5, 5.41) is 3.14. The molecule has 6 heteroatoms. The minimum atomic E-state index is -0.391. The predicted molar refractivity (Wildman–Crippen MR) is 110 cm³/mol. The summed E-state index contributed by atoms with van der Waals surface area (Å²) in [6, 6.07) is 12.2. The fourth-order valence-electron chi connectivity index (χ4n) is 3.58. The van der Waals surface area contributed by atoms with Crippen molar-refractivity contribution in [2.45, 2.75) is 31.7 Å². The van der Waals surface area contributed by atoms with E-state index >= 15 is 0 Å². The number of carbonyl (C=O) groups excluding carboxylic acids is 1. The van der Waals surface area contributed by atoms with Crippen LogP contribution in [0.1, 0.15) is 29.8 Å². The molecule has 0 radical (unpaired) electrons. The van der Waals surface area contributed by atoms with Gasteiger partial charge in [-0.15, -0.1) is 0 Å². The summed E-state index contributed by atoms with van der Waals surface area (Å²) in [5.74, 6) is 1.76. The van der Waals surface area contributed by atoms with E-state index < -0.39 is 5.41 Å². The lowest BCUT2D eigenvalue weighted by Crippen LogP contribution is -2.34. The van der Waals surface area contributed by atoms with Gasteiger partial charge in [0.2, 0.25) is 5.91 Å². The first-order valence-electron chi connectivity index (χ1n) is 9.52. The van der Waals surface area contributed by atoms with E-state index in [1.807, 2.05) is 43.9 Å². The number of amides is 1. The molecule has 0 saturated heterocycles. The van der Waals surface area contributed by atoms with E-state index in [1.165, 1.54) is 0 Å². The van der Waals surface area contributed by atoms with Gasteiger partial charge in [-0.25, -0.2) is 9.97 Å². The lowest BCUT2D eigenvalue weighted by molar-refractivity contribution is -0.123. The second-order valence-corrected chi connectivity index (χ2v) is 7.54. The minimum Gasteiger partial charge on any atom is -0.378 e. The van der Waals surface area contributed by atoms with Crippen LogP contribution < -0.4 is 10.2 Å². The van der Waals surface area contributed by atoms with E-state index in [0.29, 0.717) is 6.54 Å². The van der Waals surface area contributed by atoms with Crippen molar-refractivity contribution in [3.8, 4) is 5.82 Å². The Morgan fingerprint density at radius 3 is 2.50 bits per heavy atom. The standard InChI is InChI=1S/C22H25N5O/c1-16-23-13-14-27(16)20-17(5-4-12-24-20)15-25-21(28)22(10-11-22)18-6-8-19(9-7-18)26(2)3/h4-9,12-14H,10-11,15H2,1-3H3,(H,25,28). The average Bonchev–Trinajstić information content (AvgIpc) is 3.42. The second-order valence-electron chi connectivity index (χ2n) is 7.54. The van der Waals surface area contributed by atoms with Gasteiger partial charge in [0, 0.05) is 50.5 Å². The number of benzene rings is 1. The van der Waals surface area contributed by atoms with Crippen molar-refractivity contribution < 1.29 is 4.79 Å². The van der Waals surface area contributed by atoms with E-state index in [1.54, 1.807) is 12.4 Å². The van der Waals surface area contributed by atoms with E-state index in [-0.39, 0.29) is 5.91 Å². The normalized spacial score (nSPS) is 14.5. The third kappa shape index (κ3) is 3.26. The fourth-order valence-corrected chi connectivity index (χ4v) is 3.58. The van der Waals surface area contributed by atoms with Gasteiger partial charge in [0.05, 0.1) is 5.41 Å². The largest absolute Gasteiger partial charge is 0.378 e. The Balaban J connectivity index is 1.50. The molecule has 0 unspecified atom stereocenters. The molecule has 1 saturated carbocycles. The van der Waals surface area contributed by atoms with Crippen molar-refractivity contribution in [1.29, 1.82) is 0 Å². The van der Waals surface area contributed by atoms with E-state index in [9.17, 15) is 4.79 Å². The second kappa shape index (κ2) is 7.11. The number of rotatable bonds is 6. The number of aromatic nitrogens is 3. The molecule has 28 heavy (non-hydrogen) atoms. The quantitative estimate of drug-likeness (QED) is 0.719. The highest BCUT2D eigenvalue weighted by atomic mass is 16.2. The lowest BCUT2D eigenvalue weighted by Gasteiger charge is -2.19. The fraction of sp³-hybridized carbons (Fsp3) is 0.318. The molecule has 6 nitrogen and oxygen atoms in total. The first-order valence-corrected chi connectivity index (χ1v) is 9.52. The Morgan fingerprint density at radius 2 is 1.89 bits per heavy atom. The number of aryl methyl sites for hydroxylation is 1. The highest BCUT2D eigenvalue weighted by Gasteiger charge is 2.51. The average molecular weight is 375 g/mol. The summed E-state index contributed by atoms with van der Waals surface area (Å²) in [5.41, 5.74) is 2.80. The maximum atomic E-state index is 13.0. The van der Waals surface area contributed by atoms with Gasteiger partial charge >= 0.3 is 0 Å². The van der Waals surface area contributed by atoms with Gasteiger partial charge in [-0.3, -0.25) is 9.36 Å². The Morgan fingerprint density at radius 1 is 1.14 bits per heavy atom. The Bertz CT molecular complexity index is 986. The zero-order valence-electron chi connectivity index (χ0n) is 16.5. The van der Waals surface area contributed by atoms with Crippen molar-refractivity contribution in [2.75, 3.05) is 19.0 Å². The molecule has 4 rings (SSSR count). The molecule has 1 amide bonds. The number of hydrogen-bond donors (Lipinski definition) is 1. The zero-order valence-corrected chi connectivity index (χ0v) is 16.5. The molecule has 0 atom stereocenters. The number of nitrogens with zero attached hydrogens (tertiary/aromatic N) is 4. The van der Waals surface area contributed by atoms with Crippen LogP contribution >= 0.6 is 0 Å². The molecule has 144 valence electrons. The van der Waals surface area contributed by atoms with Crippen molar-refractivity contribution >= 4 is 11.6 Å². The number of hydrogen-bond acceptors (Lipinski definition) is 4. The molecule has 1 aromatic carbocycles. The lowest BCUT2D eigenvalue weighted by atomic mass is 9.94. The van der Waals surface area contributed by atoms with Crippen LogP contribution in [0.3, 0.4) is 0 Å². The van der Waals surface area contributed by atoms with E-state index in [2.05, 4.69) is 44.5 Å². The highest BCUT2D eigenvalue weighted by Crippen LogP contribution is 2.48. The van der Waals surface area contributed by atoms with Gasteiger partial charge in [-0.1, -0.05) is 18.2 Å². The molecule has 1 fully saturated rings. The molecule has 0 aliphatic heterocycles. The highest BCUT2D eigenvalue weighted by molar-refractivity contribution is 5.91. The van der Waals surface area contributed by atoms with Gasteiger partial charge < -0.3 is 10.2 Å². The van der Waals surface area contributed by atoms with Crippen LogP contribution in [0.25, 0.3) is 5.82 Å². The van der Waals surface area contributed by atoms with E-state index in [0.717, 1.165) is 41.3 Å². The van der Waals surface area contributed by atoms with Crippen LogP contribution in [0.5, 0.6) is 0 Å². The van der Waals surface area contributed by atoms with Gasteiger partial charge in [0.1, 0.15) is 11.6 Å². The number of pyridine rings is 1. The third-order valence-corrected chi connectivity index (χ3v) is 5.48. The van der Waals surface area contributed by atoms with Gasteiger partial charge in [0.15, 0.2) is 0 Å². The number of nitrogens with one attached hydrogen (secondary N) is 1.